The van der Waals surface area contributed by atoms with Crippen molar-refractivity contribution in [1.82, 2.24) is 19.9 Å². The molecule has 1 aliphatic rings. The zero-order chi connectivity index (χ0) is 21.1. The van der Waals surface area contributed by atoms with Crippen LogP contribution in [-0.2, 0) is 13.0 Å². The van der Waals surface area contributed by atoms with Crippen molar-refractivity contribution >= 4 is 5.95 Å². The van der Waals surface area contributed by atoms with Gasteiger partial charge in [-0.1, -0.05) is 12.1 Å². The first-order chi connectivity index (χ1) is 14.5. The Morgan fingerprint density at radius 1 is 1.03 bits per heavy atom. The number of nitrogens with zero attached hydrogens (tertiary/aromatic N) is 5. The van der Waals surface area contributed by atoms with Crippen LogP contribution in [-0.4, -0.2) is 40.5 Å². The molecule has 3 heterocycles. The molecule has 0 bridgehead atoms. The van der Waals surface area contributed by atoms with E-state index in [0.717, 1.165) is 60.8 Å². The van der Waals surface area contributed by atoms with Gasteiger partial charge in [0.1, 0.15) is 5.82 Å². The van der Waals surface area contributed by atoms with Crippen molar-refractivity contribution in [2.75, 3.05) is 25.5 Å². The van der Waals surface area contributed by atoms with Crippen LogP contribution in [0.15, 0.2) is 48.8 Å². The largest absolute Gasteiger partial charge is 0.347 e. The standard InChI is InChI=1S/C24H28FN5/c1-17-11-19(12-18-6-8-21(25)9-7-18)13-22(28-17)23-5-4-10-30(23)16-20-14-26-24(27-15-20)29(2)3/h6-9,11,13-15,23H,4-5,10,12,16H2,1-3H3/t23-/m0/s1. The van der Waals surface area contributed by atoms with Crippen LogP contribution in [0.4, 0.5) is 10.3 Å². The van der Waals surface area contributed by atoms with E-state index in [0.29, 0.717) is 6.04 Å². The molecule has 0 N–H and O–H groups in total. The van der Waals surface area contributed by atoms with E-state index in [9.17, 15) is 4.39 Å². The van der Waals surface area contributed by atoms with E-state index in [2.05, 4.69) is 27.0 Å². The molecule has 4 rings (SSSR count). The smallest absolute Gasteiger partial charge is 0.224 e. The number of rotatable bonds is 6. The molecule has 1 saturated heterocycles. The molecule has 2 aromatic heterocycles. The Morgan fingerprint density at radius 3 is 2.47 bits per heavy atom. The number of likely N-dealkylation sites (tertiary alicyclic amines) is 1. The number of aromatic nitrogens is 3. The van der Waals surface area contributed by atoms with Gasteiger partial charge in [-0.25, -0.2) is 14.4 Å². The average molecular weight is 406 g/mol. The molecule has 0 saturated carbocycles. The van der Waals surface area contributed by atoms with Gasteiger partial charge < -0.3 is 4.90 Å². The van der Waals surface area contributed by atoms with Crippen LogP contribution in [0.2, 0.25) is 0 Å². The van der Waals surface area contributed by atoms with Crippen molar-refractivity contribution in [3.63, 3.8) is 0 Å². The minimum Gasteiger partial charge on any atom is -0.347 e. The van der Waals surface area contributed by atoms with Crippen LogP contribution in [0.3, 0.4) is 0 Å². The van der Waals surface area contributed by atoms with Gasteiger partial charge in [0.15, 0.2) is 0 Å². The van der Waals surface area contributed by atoms with E-state index >= 15 is 0 Å². The van der Waals surface area contributed by atoms with Crippen LogP contribution in [0.5, 0.6) is 0 Å². The maximum atomic E-state index is 13.2. The summed E-state index contributed by atoms with van der Waals surface area (Å²) >= 11 is 0. The highest BCUT2D eigenvalue weighted by molar-refractivity contribution is 5.30. The summed E-state index contributed by atoms with van der Waals surface area (Å²) in [6, 6.07) is 11.4. The van der Waals surface area contributed by atoms with Crippen molar-refractivity contribution in [1.29, 1.82) is 0 Å². The minimum atomic E-state index is -0.200. The van der Waals surface area contributed by atoms with E-state index in [-0.39, 0.29) is 5.82 Å². The van der Waals surface area contributed by atoms with Crippen LogP contribution in [0.25, 0.3) is 0 Å². The molecule has 3 aromatic rings. The molecule has 156 valence electrons. The summed E-state index contributed by atoms with van der Waals surface area (Å²) in [5.41, 5.74) is 5.58. The highest BCUT2D eigenvalue weighted by Gasteiger charge is 2.27. The lowest BCUT2D eigenvalue weighted by atomic mass is 10.0. The fourth-order valence-corrected chi connectivity index (χ4v) is 4.12. The Labute approximate surface area is 177 Å². The van der Waals surface area contributed by atoms with Gasteiger partial charge in [-0.2, -0.15) is 0 Å². The predicted octanol–water partition coefficient (Wildman–Crippen LogP) is 4.31. The van der Waals surface area contributed by atoms with Gasteiger partial charge in [0.25, 0.3) is 0 Å². The Morgan fingerprint density at radius 2 is 1.77 bits per heavy atom. The fraction of sp³-hybridized carbons (Fsp3) is 0.375. The van der Waals surface area contributed by atoms with E-state index in [1.807, 2.05) is 50.4 Å². The van der Waals surface area contributed by atoms with E-state index in [1.165, 1.54) is 17.7 Å². The number of aryl methyl sites for hydroxylation is 1. The van der Waals surface area contributed by atoms with Crippen LogP contribution >= 0.6 is 0 Å². The summed E-state index contributed by atoms with van der Waals surface area (Å²) in [7, 11) is 3.89. The molecular weight excluding hydrogens is 377 g/mol. The van der Waals surface area contributed by atoms with Gasteiger partial charge in [-0.05, 0) is 68.1 Å². The lowest BCUT2D eigenvalue weighted by Crippen LogP contribution is -2.24. The summed E-state index contributed by atoms with van der Waals surface area (Å²) in [6.45, 7) is 3.91. The summed E-state index contributed by atoms with van der Waals surface area (Å²) in [5.74, 6) is 0.525. The monoisotopic (exact) mass is 405 g/mol. The SMILES string of the molecule is Cc1cc(Cc2ccc(F)cc2)cc([C@@H]2CCCN2Cc2cnc(N(C)C)nc2)n1. The number of hydrogen-bond acceptors (Lipinski definition) is 5. The number of hydrogen-bond donors (Lipinski definition) is 0. The van der Waals surface area contributed by atoms with Gasteiger partial charge in [0, 0.05) is 44.3 Å². The molecule has 5 nitrogen and oxygen atoms in total. The quantitative estimate of drug-likeness (QED) is 0.611. The molecule has 0 spiro atoms. The predicted molar refractivity (Wildman–Crippen MR) is 117 cm³/mol. The Kier molecular flexibility index (Phi) is 6.04. The van der Waals surface area contributed by atoms with Crippen molar-refractivity contribution in [3.8, 4) is 0 Å². The molecule has 6 heteroatoms. The topological polar surface area (TPSA) is 45.2 Å². The highest BCUT2D eigenvalue weighted by atomic mass is 19.1. The first-order valence-corrected chi connectivity index (χ1v) is 10.4. The van der Waals surface area contributed by atoms with Crippen LogP contribution < -0.4 is 4.90 Å². The molecule has 1 fully saturated rings. The fourth-order valence-electron chi connectivity index (χ4n) is 4.12. The molecule has 0 aliphatic carbocycles. The third kappa shape index (κ3) is 4.82. The number of benzene rings is 1. The van der Waals surface area contributed by atoms with Crippen LogP contribution in [0, 0.1) is 12.7 Å². The molecule has 0 unspecified atom stereocenters. The second-order valence-corrected chi connectivity index (χ2v) is 8.26. The van der Waals surface area contributed by atoms with Crippen molar-refractivity contribution in [2.45, 2.75) is 38.8 Å². The van der Waals surface area contributed by atoms with Crippen molar-refractivity contribution in [2.24, 2.45) is 0 Å². The minimum absolute atomic E-state index is 0.200. The Hall–Kier alpha value is -2.86. The summed E-state index contributed by atoms with van der Waals surface area (Å²) < 4.78 is 13.2. The summed E-state index contributed by atoms with van der Waals surface area (Å²) in [4.78, 5) is 18.1. The van der Waals surface area contributed by atoms with Gasteiger partial charge in [-0.15, -0.1) is 0 Å². The third-order valence-electron chi connectivity index (χ3n) is 5.54. The lowest BCUT2D eigenvalue weighted by molar-refractivity contribution is 0.243. The van der Waals surface area contributed by atoms with Crippen molar-refractivity contribution < 1.29 is 4.39 Å². The van der Waals surface area contributed by atoms with E-state index in [1.54, 1.807) is 0 Å². The zero-order valence-corrected chi connectivity index (χ0v) is 17.8. The highest BCUT2D eigenvalue weighted by Crippen LogP contribution is 2.33. The second-order valence-electron chi connectivity index (χ2n) is 8.26. The lowest BCUT2D eigenvalue weighted by Gasteiger charge is -2.25. The van der Waals surface area contributed by atoms with Crippen LogP contribution in [0.1, 0.15) is 47.0 Å². The molecule has 1 atom stereocenters. The maximum Gasteiger partial charge on any atom is 0.224 e. The van der Waals surface area contributed by atoms with E-state index < -0.39 is 0 Å². The van der Waals surface area contributed by atoms with Gasteiger partial charge in [-0.3, -0.25) is 9.88 Å². The summed E-state index contributed by atoms with van der Waals surface area (Å²) in [5, 5.41) is 0. The number of anilines is 1. The first-order valence-electron chi connectivity index (χ1n) is 10.4. The second kappa shape index (κ2) is 8.88. The zero-order valence-electron chi connectivity index (χ0n) is 17.8. The molecule has 30 heavy (non-hydrogen) atoms. The first kappa shape index (κ1) is 20.4. The van der Waals surface area contributed by atoms with Crippen molar-refractivity contribution in [3.05, 3.63) is 82.7 Å². The molecule has 1 aliphatic heterocycles. The molecular formula is C24H28FN5. The number of halogens is 1. The molecule has 0 amide bonds. The summed E-state index contributed by atoms with van der Waals surface area (Å²) in [6.07, 6.45) is 6.87. The van der Waals surface area contributed by atoms with Gasteiger partial charge in [0.2, 0.25) is 5.95 Å². The Bertz CT molecular complexity index is 985. The average Bonchev–Trinajstić information content (AvgIpc) is 3.18. The maximum absolute atomic E-state index is 13.2. The molecule has 0 radical (unpaired) electrons. The third-order valence-corrected chi connectivity index (χ3v) is 5.54. The normalized spacial score (nSPS) is 16.7. The van der Waals surface area contributed by atoms with Gasteiger partial charge >= 0.3 is 0 Å². The van der Waals surface area contributed by atoms with E-state index in [4.69, 9.17) is 4.98 Å². The Balaban J connectivity index is 1.51. The van der Waals surface area contributed by atoms with Gasteiger partial charge in [0.05, 0.1) is 11.7 Å². The molecule has 1 aromatic carbocycles. The number of pyridine rings is 1.